The highest BCUT2D eigenvalue weighted by Crippen LogP contribution is 2.30. The summed E-state index contributed by atoms with van der Waals surface area (Å²) in [6, 6.07) is 17.2. The van der Waals surface area contributed by atoms with Crippen LogP contribution < -0.4 is 4.90 Å². The van der Waals surface area contributed by atoms with E-state index >= 15 is 0 Å². The number of carbonyl (C=O) groups excluding carboxylic acids is 1. The van der Waals surface area contributed by atoms with E-state index in [1.54, 1.807) is 11.0 Å². The summed E-state index contributed by atoms with van der Waals surface area (Å²) in [5, 5.41) is 7.69. The standard InChI is InChI=1S/C18H14ClN3O/c19-14-7-3-2-6-13(14)15-11-16(21-20-15)18(23)22-10-9-12-5-1-4-8-17(12)22/h1-8,11H,9-10H2,(H,20,21). The quantitative estimate of drug-likeness (QED) is 0.776. The maximum Gasteiger partial charge on any atom is 0.276 e. The van der Waals surface area contributed by atoms with Crippen LogP contribution in [-0.4, -0.2) is 22.6 Å². The molecule has 0 atom stereocenters. The van der Waals surface area contributed by atoms with E-state index in [-0.39, 0.29) is 5.91 Å². The van der Waals surface area contributed by atoms with Gasteiger partial charge in [0, 0.05) is 17.8 Å². The van der Waals surface area contributed by atoms with E-state index in [1.165, 1.54) is 5.56 Å². The van der Waals surface area contributed by atoms with E-state index in [0.717, 1.165) is 17.7 Å². The molecule has 0 bridgehead atoms. The highest BCUT2D eigenvalue weighted by atomic mass is 35.5. The second-order valence-corrected chi connectivity index (χ2v) is 5.89. The molecule has 0 radical (unpaired) electrons. The van der Waals surface area contributed by atoms with Crippen molar-refractivity contribution in [1.29, 1.82) is 0 Å². The summed E-state index contributed by atoms with van der Waals surface area (Å²) >= 11 is 6.19. The number of hydrogen-bond donors (Lipinski definition) is 1. The first kappa shape index (κ1) is 14.0. The third-order valence-electron chi connectivity index (χ3n) is 4.09. The first-order chi connectivity index (χ1) is 11.2. The van der Waals surface area contributed by atoms with Crippen molar-refractivity contribution in [1.82, 2.24) is 10.2 Å². The van der Waals surface area contributed by atoms with Gasteiger partial charge in [-0.25, -0.2) is 0 Å². The number of nitrogens with one attached hydrogen (secondary N) is 1. The fraction of sp³-hybridized carbons (Fsp3) is 0.111. The zero-order valence-corrected chi connectivity index (χ0v) is 13.0. The molecule has 0 fully saturated rings. The fourth-order valence-electron chi connectivity index (χ4n) is 2.93. The Kier molecular flexibility index (Phi) is 3.39. The molecule has 23 heavy (non-hydrogen) atoms. The lowest BCUT2D eigenvalue weighted by atomic mass is 10.1. The van der Waals surface area contributed by atoms with E-state index in [0.29, 0.717) is 23.0 Å². The highest BCUT2D eigenvalue weighted by Gasteiger charge is 2.26. The number of benzene rings is 2. The number of nitrogens with zero attached hydrogens (tertiary/aromatic N) is 2. The zero-order chi connectivity index (χ0) is 15.8. The Labute approximate surface area is 138 Å². The van der Waals surface area contributed by atoms with Gasteiger partial charge in [0.15, 0.2) is 0 Å². The first-order valence-electron chi connectivity index (χ1n) is 7.44. The monoisotopic (exact) mass is 323 g/mol. The van der Waals surface area contributed by atoms with Gasteiger partial charge in [-0.1, -0.05) is 48.0 Å². The van der Waals surface area contributed by atoms with Gasteiger partial charge in [-0.2, -0.15) is 5.10 Å². The predicted molar refractivity (Wildman–Crippen MR) is 90.9 cm³/mol. The minimum absolute atomic E-state index is 0.0687. The molecule has 1 aliphatic rings. The van der Waals surface area contributed by atoms with Crippen molar-refractivity contribution in [2.75, 3.05) is 11.4 Å². The van der Waals surface area contributed by atoms with Crippen LogP contribution in [0.15, 0.2) is 54.6 Å². The first-order valence-corrected chi connectivity index (χ1v) is 7.82. The number of anilines is 1. The Bertz CT molecular complexity index is 887. The zero-order valence-electron chi connectivity index (χ0n) is 12.3. The number of hydrogen-bond acceptors (Lipinski definition) is 2. The summed E-state index contributed by atoms with van der Waals surface area (Å²) in [5.74, 6) is -0.0687. The van der Waals surface area contributed by atoms with Crippen molar-refractivity contribution in [2.45, 2.75) is 6.42 Å². The molecule has 2 aromatic carbocycles. The summed E-state index contributed by atoms with van der Waals surface area (Å²) in [7, 11) is 0. The Morgan fingerprint density at radius 2 is 1.91 bits per heavy atom. The summed E-state index contributed by atoms with van der Waals surface area (Å²) in [6.45, 7) is 0.693. The van der Waals surface area contributed by atoms with Gasteiger partial charge in [0.2, 0.25) is 0 Å². The number of rotatable bonds is 2. The molecule has 5 heteroatoms. The summed E-state index contributed by atoms with van der Waals surface area (Å²) in [4.78, 5) is 14.6. The smallest absolute Gasteiger partial charge is 0.276 e. The van der Waals surface area contributed by atoms with Crippen molar-refractivity contribution in [3.05, 3.63) is 70.9 Å². The van der Waals surface area contributed by atoms with E-state index in [1.807, 2.05) is 42.5 Å². The molecular weight excluding hydrogens is 310 g/mol. The molecule has 0 aliphatic carbocycles. The minimum Gasteiger partial charge on any atom is -0.306 e. The molecule has 1 N–H and O–H groups in total. The summed E-state index contributed by atoms with van der Waals surface area (Å²) < 4.78 is 0. The van der Waals surface area contributed by atoms with E-state index < -0.39 is 0 Å². The molecule has 1 aromatic heterocycles. The van der Waals surface area contributed by atoms with Crippen molar-refractivity contribution >= 4 is 23.2 Å². The number of halogens is 1. The lowest BCUT2D eigenvalue weighted by molar-refractivity contribution is 0.0984. The topological polar surface area (TPSA) is 49.0 Å². The van der Waals surface area contributed by atoms with Crippen LogP contribution in [-0.2, 0) is 6.42 Å². The van der Waals surface area contributed by atoms with Crippen LogP contribution in [0.5, 0.6) is 0 Å². The Hall–Kier alpha value is -2.59. The van der Waals surface area contributed by atoms with Crippen molar-refractivity contribution in [3.8, 4) is 11.3 Å². The van der Waals surface area contributed by atoms with Crippen LogP contribution in [0.25, 0.3) is 11.3 Å². The van der Waals surface area contributed by atoms with Crippen LogP contribution in [0.3, 0.4) is 0 Å². The third kappa shape index (κ3) is 2.41. The molecule has 4 rings (SSSR count). The molecule has 0 spiro atoms. The van der Waals surface area contributed by atoms with Crippen molar-refractivity contribution in [2.24, 2.45) is 0 Å². The van der Waals surface area contributed by atoms with Gasteiger partial charge in [0.25, 0.3) is 5.91 Å². The van der Waals surface area contributed by atoms with E-state index in [9.17, 15) is 4.79 Å². The van der Waals surface area contributed by atoms with Crippen molar-refractivity contribution < 1.29 is 4.79 Å². The van der Waals surface area contributed by atoms with Gasteiger partial charge in [0.05, 0.1) is 10.7 Å². The highest BCUT2D eigenvalue weighted by molar-refractivity contribution is 6.33. The van der Waals surface area contributed by atoms with Crippen LogP contribution in [0, 0.1) is 0 Å². The van der Waals surface area contributed by atoms with Gasteiger partial charge in [0.1, 0.15) is 5.69 Å². The normalized spacial score (nSPS) is 13.2. The maximum absolute atomic E-state index is 12.8. The molecule has 1 amide bonds. The molecule has 4 nitrogen and oxygen atoms in total. The summed E-state index contributed by atoms with van der Waals surface area (Å²) in [5.41, 5.74) is 4.13. The van der Waals surface area contributed by atoms with Gasteiger partial charge >= 0.3 is 0 Å². The number of amides is 1. The number of carbonyl (C=O) groups is 1. The van der Waals surface area contributed by atoms with E-state index in [4.69, 9.17) is 11.6 Å². The molecule has 1 aliphatic heterocycles. The van der Waals surface area contributed by atoms with Gasteiger partial charge < -0.3 is 4.90 Å². The van der Waals surface area contributed by atoms with Crippen molar-refractivity contribution in [3.63, 3.8) is 0 Å². The van der Waals surface area contributed by atoms with Crippen LogP contribution >= 0.6 is 11.6 Å². The average molecular weight is 324 g/mol. The van der Waals surface area contributed by atoms with Crippen LogP contribution in [0.2, 0.25) is 5.02 Å². The van der Waals surface area contributed by atoms with E-state index in [2.05, 4.69) is 16.3 Å². The number of H-pyrrole nitrogens is 1. The molecule has 114 valence electrons. The van der Waals surface area contributed by atoms with Crippen LogP contribution in [0.1, 0.15) is 16.1 Å². The Morgan fingerprint density at radius 1 is 1.13 bits per heavy atom. The third-order valence-corrected chi connectivity index (χ3v) is 4.42. The Morgan fingerprint density at radius 3 is 2.78 bits per heavy atom. The predicted octanol–water partition coefficient (Wildman–Crippen LogP) is 3.93. The number of para-hydroxylation sites is 1. The molecular formula is C18H14ClN3O. The number of aromatic nitrogens is 2. The second-order valence-electron chi connectivity index (χ2n) is 5.48. The largest absolute Gasteiger partial charge is 0.306 e. The Balaban J connectivity index is 1.65. The number of aromatic amines is 1. The lowest BCUT2D eigenvalue weighted by Gasteiger charge is -2.15. The lowest BCUT2D eigenvalue weighted by Crippen LogP contribution is -2.29. The van der Waals surface area contributed by atoms with Gasteiger partial charge in [-0.05, 0) is 30.2 Å². The summed E-state index contributed by atoms with van der Waals surface area (Å²) in [6.07, 6.45) is 0.882. The second kappa shape index (κ2) is 5.56. The van der Waals surface area contributed by atoms with Gasteiger partial charge in [-0.3, -0.25) is 9.89 Å². The fourth-order valence-corrected chi connectivity index (χ4v) is 3.17. The molecule has 2 heterocycles. The SMILES string of the molecule is O=C(c1cc(-c2ccccc2Cl)n[nH]1)N1CCc2ccccc21. The maximum atomic E-state index is 12.8. The minimum atomic E-state index is -0.0687. The van der Waals surface area contributed by atoms with Crippen LogP contribution in [0.4, 0.5) is 5.69 Å². The number of fused-ring (bicyclic) bond motifs is 1. The molecule has 0 saturated heterocycles. The molecule has 0 unspecified atom stereocenters. The van der Waals surface area contributed by atoms with Gasteiger partial charge in [-0.15, -0.1) is 0 Å². The molecule has 0 saturated carbocycles. The average Bonchev–Trinajstić information content (AvgIpc) is 3.22. The molecule has 3 aromatic rings.